The highest BCUT2D eigenvalue weighted by atomic mass is 16.8. The fraction of sp³-hybridized carbons (Fsp3) is 0.965. The first-order chi connectivity index (χ1) is 69.7. The van der Waals surface area contributed by atoms with Gasteiger partial charge in [0.15, 0.2) is 75.5 Å². The molecule has 147 heavy (non-hydrogen) atoms. The van der Waals surface area contributed by atoms with Crippen molar-refractivity contribution >= 4 is 17.7 Å². The summed E-state index contributed by atoms with van der Waals surface area (Å²) in [6, 6.07) is -6.09. The first-order valence-electron chi connectivity index (χ1n) is 48.7. The van der Waals surface area contributed by atoms with Crippen LogP contribution >= 0.6 is 0 Å². The molecular weight excluding hydrogens is 2000 g/mol. The zero-order valence-corrected chi connectivity index (χ0v) is 80.8. The molecular formula is C86H147N3O58. The third-order valence-corrected chi connectivity index (χ3v) is 27.9. The Hall–Kier alpha value is -3.79. The van der Waals surface area contributed by atoms with E-state index in [0.29, 0.717) is 12.8 Å². The monoisotopic (exact) mass is 2150 g/mol. The molecule has 854 valence electrons. The van der Waals surface area contributed by atoms with E-state index in [2.05, 4.69) is 16.0 Å². The van der Waals surface area contributed by atoms with Crippen LogP contribution in [0, 0.1) is 0 Å². The molecule has 0 aromatic carbocycles. The number of hydrogen-bond donors (Lipinski definition) is 34. The SMILES string of the molecule is CCCCCCCCO[C@@H]1O[C@H](CO[C@H]2O[C@H](CO[C@@H]3O[C@H](CO)[C@@H](O[C@@H]4O[C@H](CO)[C@H](O)[C@H](O)[C@H]4O)[C@H](O[C@@H]4O[C@@H](C)[C@@H](O)[C@@H](O)[C@@H]4O)[C@H]3NC(C)=O)[C@@H](O)[C@H](O)[C@@H]2O[C@@H]2O[C@H](CO)[C@@H](O[C@@H]3O[C@H](CO)[C@H](O)[C@H](O)[C@H]3O)[C@H](O[C@@H]3O[C@@H](C)[C@@H](O)[C@@H](O)[C@@H]3O)[C@H]2NC(C)=O)[C@@H](O)[C@H](O[C@H]2O[C@H](CO)[C@@H](O)[C@H](O)[C@@H]2O[C@@H]2O[C@H](CO)[C@@H](O[C@@H]3O[C@H](CO)[C@H](O)[C@H](O)[C@H]3O)[C@H](O[C@@H]3O[C@@H](C)[C@@H](O)[C@@H](O)[C@@H]3O)[C@H]2NC(C)=O)[C@@H]1O. The van der Waals surface area contributed by atoms with Crippen LogP contribution in [-0.4, -0.2) is 610 Å². The highest BCUT2D eigenvalue weighted by Crippen LogP contribution is 2.44. The number of unbranched alkanes of at least 4 members (excludes halogenated alkanes) is 5. The molecule has 0 saturated carbocycles. The Morgan fingerprint density at radius 1 is 0.211 bits per heavy atom. The molecule has 0 unspecified atom stereocenters. The molecule has 12 aliphatic heterocycles. The van der Waals surface area contributed by atoms with Crippen molar-refractivity contribution in [3.8, 4) is 0 Å². The molecule has 0 radical (unpaired) electrons. The predicted octanol–water partition coefficient (Wildman–Crippen LogP) is -20.3. The molecule has 3 amide bonds. The average Bonchev–Trinajstić information content (AvgIpc) is 0.764. The Bertz CT molecular complexity index is 3960. The summed E-state index contributed by atoms with van der Waals surface area (Å²) in [5.41, 5.74) is 0. The maximum atomic E-state index is 13.9. The van der Waals surface area contributed by atoms with Gasteiger partial charge in [0.25, 0.3) is 0 Å². The summed E-state index contributed by atoms with van der Waals surface area (Å²) in [6.45, 7) is -2.12. The van der Waals surface area contributed by atoms with Crippen molar-refractivity contribution in [1.29, 1.82) is 0 Å². The number of carbonyl (C=O) groups excluding carboxylic acids is 3. The van der Waals surface area contributed by atoms with Crippen LogP contribution in [0.3, 0.4) is 0 Å². The van der Waals surface area contributed by atoms with Gasteiger partial charge in [0.2, 0.25) is 17.7 Å². The van der Waals surface area contributed by atoms with Crippen molar-refractivity contribution in [3.63, 3.8) is 0 Å². The molecule has 12 saturated heterocycles. The van der Waals surface area contributed by atoms with Gasteiger partial charge in [0, 0.05) is 27.4 Å². The van der Waals surface area contributed by atoms with E-state index >= 15 is 0 Å². The Morgan fingerprint density at radius 2 is 0.456 bits per heavy atom. The van der Waals surface area contributed by atoms with Crippen molar-refractivity contribution < 1.29 is 286 Å². The molecule has 0 bridgehead atoms. The summed E-state index contributed by atoms with van der Waals surface area (Å²) in [5.74, 6) is -3.03. The Morgan fingerprint density at radius 3 is 0.803 bits per heavy atom. The second kappa shape index (κ2) is 54.4. The van der Waals surface area contributed by atoms with Crippen LogP contribution in [0.4, 0.5) is 0 Å². The van der Waals surface area contributed by atoms with E-state index < -0.39 is 445 Å². The van der Waals surface area contributed by atoms with Crippen molar-refractivity contribution in [2.75, 3.05) is 66.1 Å². The lowest BCUT2D eigenvalue weighted by atomic mass is 9.93. The molecule has 12 rings (SSSR count). The summed E-state index contributed by atoms with van der Waals surface area (Å²) >= 11 is 0. The quantitative estimate of drug-likeness (QED) is 0.0252. The highest BCUT2D eigenvalue weighted by Gasteiger charge is 2.64. The normalized spacial score (nSPS) is 49.7. The van der Waals surface area contributed by atoms with Gasteiger partial charge in [-0.1, -0.05) is 39.0 Å². The molecule has 61 heteroatoms. The van der Waals surface area contributed by atoms with E-state index in [1.54, 1.807) is 0 Å². The molecule has 0 aliphatic carbocycles. The average molecular weight is 2150 g/mol. The lowest BCUT2D eigenvalue weighted by molar-refractivity contribution is -0.400. The number of amides is 3. The van der Waals surface area contributed by atoms with Gasteiger partial charge in [0.05, 0.1) is 77.8 Å². The number of hydrogen-bond acceptors (Lipinski definition) is 58. The number of aliphatic hydroxyl groups excluding tert-OH is 31. The first kappa shape index (κ1) is 122. The summed E-state index contributed by atoms with van der Waals surface area (Å²) in [6.07, 6.45) is -115. The van der Waals surface area contributed by atoms with E-state index in [1.165, 1.54) is 20.8 Å². The van der Waals surface area contributed by atoms with Crippen molar-refractivity contribution in [1.82, 2.24) is 16.0 Å². The van der Waals surface area contributed by atoms with Gasteiger partial charge in [-0.2, -0.15) is 0 Å². The summed E-state index contributed by atoms with van der Waals surface area (Å²) in [4.78, 5) is 41.2. The molecule has 0 spiro atoms. The van der Waals surface area contributed by atoms with E-state index in [0.717, 1.165) is 40.0 Å². The molecule has 12 aliphatic rings. The molecule has 12 heterocycles. The zero-order valence-electron chi connectivity index (χ0n) is 80.8. The first-order valence-corrected chi connectivity index (χ1v) is 48.7. The fourth-order valence-electron chi connectivity index (χ4n) is 19.4. The second-order valence-corrected chi connectivity index (χ2v) is 38.5. The Kier molecular flexibility index (Phi) is 45.1. The maximum absolute atomic E-state index is 13.9. The van der Waals surface area contributed by atoms with Crippen LogP contribution in [0.1, 0.15) is 87.0 Å². The van der Waals surface area contributed by atoms with Gasteiger partial charge in [-0.15, -0.1) is 0 Å². The number of ether oxygens (including phenoxy) is 24. The van der Waals surface area contributed by atoms with Crippen LogP contribution in [0.2, 0.25) is 0 Å². The standard InChI is InChI=1S/C86H147N3O58/c1-8-9-10-11-12-13-14-124-78-65(123)72(145-86-74(57(115)48(106)33(18-93)133-86)147-77-41(89-29(7)99)71(144-81-61(119)53(111)44(102)26(4)129-81)68(36(21-96)136-77)141-84-64(122)56(114)47(105)32(17-92)132-84)50(108)38(137-78)23-126-85-73(146-76-40(88-28(6)98)70(143-80-60(118)52(110)43(101)25(3)128-80)67(35(20-95)135-76)140-83-63(121)55(113)46(104)31(16-91)131-83)58(116)49(107)37(138-85)22-125-75-39(87-27(5)97)69(142-79-59(117)51(109)42(100)24(2)127-79)66(34(19-94)134-75)139-82-62(120)54(112)45(103)30(15-90)130-82/h24-26,30-86,90-96,100-123H,8-23H2,1-7H3,(H,87,97)(H,88,98)(H,89,99)/t24-,25-,26-,30+,31+,32+,33+,34+,35+,36+,37+,38+,39+,40+,41+,42+,43+,44+,45-,46-,47-,48+,49+,50+,51+,52+,53+,54-,55-,56-,57-,58-,59-,60-,61-,62+,63+,64+,65-,66+,67+,68+,69+,70+,71+,72-,73-,74-,75+,76-,77-,78+,79-,80-,81-,82-,83-,84-,85-,86+/m0/s1. The largest absolute Gasteiger partial charge is 0.394 e. The van der Waals surface area contributed by atoms with Gasteiger partial charge in [0.1, 0.15) is 274 Å². The summed E-state index contributed by atoms with van der Waals surface area (Å²) in [5, 5.41) is 358. The van der Waals surface area contributed by atoms with Crippen LogP contribution in [0.15, 0.2) is 0 Å². The van der Waals surface area contributed by atoms with Gasteiger partial charge in [-0.3, -0.25) is 14.4 Å². The van der Waals surface area contributed by atoms with E-state index in [9.17, 15) is 173 Å². The number of rotatable bonds is 42. The van der Waals surface area contributed by atoms with E-state index in [1.807, 2.05) is 6.92 Å². The van der Waals surface area contributed by atoms with Crippen molar-refractivity contribution in [2.45, 2.75) is 455 Å². The second-order valence-electron chi connectivity index (χ2n) is 38.5. The topological polar surface area (TPSA) is 936 Å². The molecule has 60 atom stereocenters. The predicted molar refractivity (Wildman–Crippen MR) is 463 cm³/mol. The van der Waals surface area contributed by atoms with E-state index in [4.69, 9.17) is 114 Å². The minimum Gasteiger partial charge on any atom is -0.394 e. The smallest absolute Gasteiger partial charge is 0.217 e. The van der Waals surface area contributed by atoms with Crippen molar-refractivity contribution in [3.05, 3.63) is 0 Å². The maximum Gasteiger partial charge on any atom is 0.217 e. The minimum atomic E-state index is -2.59. The molecule has 61 nitrogen and oxygen atoms in total. The molecule has 0 aromatic heterocycles. The zero-order chi connectivity index (χ0) is 108. The minimum absolute atomic E-state index is 0.242. The molecule has 12 fully saturated rings. The highest BCUT2D eigenvalue weighted by molar-refractivity contribution is 5.74. The van der Waals surface area contributed by atoms with Crippen molar-refractivity contribution in [2.24, 2.45) is 0 Å². The van der Waals surface area contributed by atoms with Gasteiger partial charge < -0.3 is 288 Å². The fourth-order valence-corrected chi connectivity index (χ4v) is 19.4. The Balaban J connectivity index is 0.925. The third-order valence-electron chi connectivity index (χ3n) is 27.9. The lowest BCUT2D eigenvalue weighted by Gasteiger charge is -2.52. The third kappa shape index (κ3) is 27.8. The van der Waals surface area contributed by atoms with Crippen LogP contribution < -0.4 is 16.0 Å². The number of aliphatic hydroxyl groups is 31. The van der Waals surface area contributed by atoms with Gasteiger partial charge in [-0.25, -0.2) is 0 Å². The summed E-state index contributed by atoms with van der Waals surface area (Å²) in [7, 11) is 0. The van der Waals surface area contributed by atoms with Crippen LogP contribution in [0.25, 0.3) is 0 Å². The van der Waals surface area contributed by atoms with Gasteiger partial charge >= 0.3 is 0 Å². The van der Waals surface area contributed by atoms with Gasteiger partial charge in [-0.05, 0) is 27.2 Å². The van der Waals surface area contributed by atoms with E-state index in [-0.39, 0.29) is 13.0 Å². The molecule has 0 aromatic rings. The number of nitrogens with one attached hydrogen (secondary N) is 3. The Labute approximate surface area is 838 Å². The van der Waals surface area contributed by atoms with Crippen LogP contribution in [0.5, 0.6) is 0 Å². The molecule has 34 N–H and O–H groups in total. The number of carbonyl (C=O) groups is 3. The lowest BCUT2D eigenvalue weighted by Crippen LogP contribution is -2.71. The van der Waals surface area contributed by atoms with Crippen LogP contribution in [-0.2, 0) is 128 Å². The summed E-state index contributed by atoms with van der Waals surface area (Å²) < 4.78 is 148.